The van der Waals surface area contributed by atoms with E-state index in [1.807, 2.05) is 37.3 Å². The Bertz CT molecular complexity index is 488. The number of amides is 2. The molecule has 0 aliphatic heterocycles. The fourth-order valence-corrected chi connectivity index (χ4v) is 1.63. The van der Waals surface area contributed by atoms with Crippen LogP contribution in [0, 0.1) is 0 Å². The highest BCUT2D eigenvalue weighted by Crippen LogP contribution is 1.97. The second kappa shape index (κ2) is 10.4. The molecule has 0 radical (unpaired) electrons. The van der Waals surface area contributed by atoms with E-state index in [9.17, 15) is 14.4 Å². The number of hydrogen-bond acceptors (Lipinski definition) is 4. The molecule has 0 atom stereocenters. The minimum Gasteiger partial charge on any atom is -0.456 e. The van der Waals surface area contributed by atoms with Gasteiger partial charge in [0.2, 0.25) is 5.91 Å². The third-order valence-electron chi connectivity index (χ3n) is 2.83. The Morgan fingerprint density at radius 2 is 1.73 bits per heavy atom. The molecular formula is C16H22N2O4. The zero-order valence-corrected chi connectivity index (χ0v) is 12.8. The van der Waals surface area contributed by atoms with Crippen molar-refractivity contribution in [1.29, 1.82) is 0 Å². The fraction of sp³-hybridized carbons (Fsp3) is 0.438. The molecule has 0 spiro atoms. The van der Waals surface area contributed by atoms with Crippen molar-refractivity contribution in [2.24, 2.45) is 0 Å². The van der Waals surface area contributed by atoms with Crippen LogP contribution in [0.15, 0.2) is 30.3 Å². The van der Waals surface area contributed by atoms with Crippen LogP contribution in [0.25, 0.3) is 0 Å². The minimum atomic E-state index is -0.554. The lowest BCUT2D eigenvalue weighted by Crippen LogP contribution is -2.29. The maximum atomic E-state index is 11.5. The van der Waals surface area contributed by atoms with Crippen LogP contribution in [0.4, 0.5) is 0 Å². The summed E-state index contributed by atoms with van der Waals surface area (Å²) in [6.07, 6.45) is 0.893. The van der Waals surface area contributed by atoms with Gasteiger partial charge in [-0.15, -0.1) is 0 Å². The van der Waals surface area contributed by atoms with Crippen LogP contribution in [-0.2, 0) is 25.7 Å². The molecule has 120 valence electrons. The van der Waals surface area contributed by atoms with Gasteiger partial charge in [-0.05, 0) is 12.0 Å². The molecule has 1 aromatic rings. The molecular weight excluding hydrogens is 284 g/mol. The van der Waals surface area contributed by atoms with Crippen molar-refractivity contribution < 1.29 is 19.1 Å². The van der Waals surface area contributed by atoms with Crippen LogP contribution >= 0.6 is 0 Å². The molecule has 6 heteroatoms. The zero-order valence-electron chi connectivity index (χ0n) is 12.8. The topological polar surface area (TPSA) is 84.5 Å². The molecule has 2 amide bonds. The number of hydrogen-bond donors (Lipinski definition) is 2. The van der Waals surface area contributed by atoms with Gasteiger partial charge >= 0.3 is 5.97 Å². The van der Waals surface area contributed by atoms with Gasteiger partial charge in [-0.3, -0.25) is 14.4 Å². The molecule has 0 saturated carbocycles. The first-order valence-corrected chi connectivity index (χ1v) is 7.34. The Morgan fingerprint density at radius 1 is 1.00 bits per heavy atom. The molecule has 1 rings (SSSR count). The largest absolute Gasteiger partial charge is 0.456 e. The van der Waals surface area contributed by atoms with Crippen LogP contribution in [0.1, 0.15) is 31.7 Å². The molecule has 1 aromatic carbocycles. The van der Waals surface area contributed by atoms with Gasteiger partial charge in [-0.1, -0.05) is 37.3 Å². The summed E-state index contributed by atoms with van der Waals surface area (Å²) >= 11 is 0. The summed E-state index contributed by atoms with van der Waals surface area (Å²) in [5, 5.41) is 5.32. The van der Waals surface area contributed by atoms with Gasteiger partial charge in [0.15, 0.2) is 6.61 Å². The molecule has 0 aromatic heterocycles. The zero-order chi connectivity index (χ0) is 16.2. The summed E-state index contributed by atoms with van der Waals surface area (Å²) < 4.78 is 4.82. The lowest BCUT2D eigenvalue weighted by atomic mass is 10.2. The average molecular weight is 306 g/mol. The summed E-state index contributed by atoms with van der Waals surface area (Å²) in [7, 11) is 0. The highest BCUT2D eigenvalue weighted by Gasteiger charge is 2.10. The number of rotatable bonds is 9. The number of nitrogens with one attached hydrogen (secondary N) is 2. The Labute approximate surface area is 130 Å². The third-order valence-corrected chi connectivity index (χ3v) is 2.83. The lowest BCUT2D eigenvalue weighted by Gasteiger charge is -2.07. The summed E-state index contributed by atoms with van der Waals surface area (Å²) in [5.74, 6) is -1.11. The number of carbonyl (C=O) groups is 3. The lowest BCUT2D eigenvalue weighted by molar-refractivity contribution is -0.149. The summed E-state index contributed by atoms with van der Waals surface area (Å²) in [6, 6.07) is 9.43. The first kappa shape index (κ1) is 17.7. The van der Waals surface area contributed by atoms with Crippen LogP contribution in [0.3, 0.4) is 0 Å². The molecule has 0 aliphatic rings. The number of ether oxygens (including phenoxy) is 1. The van der Waals surface area contributed by atoms with Gasteiger partial charge < -0.3 is 15.4 Å². The molecule has 0 saturated heterocycles. The van der Waals surface area contributed by atoms with E-state index in [0.29, 0.717) is 13.1 Å². The number of carbonyl (C=O) groups excluding carboxylic acids is 3. The maximum Gasteiger partial charge on any atom is 0.306 e. The van der Waals surface area contributed by atoms with Crippen molar-refractivity contribution in [1.82, 2.24) is 10.6 Å². The smallest absolute Gasteiger partial charge is 0.306 e. The van der Waals surface area contributed by atoms with E-state index < -0.39 is 5.97 Å². The standard InChI is InChI=1S/C16H22N2O4/c1-2-10-17-14(19)8-9-16(21)22-12-15(20)18-11-13-6-4-3-5-7-13/h3-7H,2,8-12H2,1H3,(H,17,19)(H,18,20). The van der Waals surface area contributed by atoms with Crippen LogP contribution < -0.4 is 10.6 Å². The second-order valence-corrected chi connectivity index (χ2v) is 4.77. The monoisotopic (exact) mass is 306 g/mol. The molecule has 0 bridgehead atoms. The predicted molar refractivity (Wildman–Crippen MR) is 81.8 cm³/mol. The fourth-order valence-electron chi connectivity index (χ4n) is 1.63. The Balaban J connectivity index is 2.12. The Kier molecular flexibility index (Phi) is 8.33. The predicted octanol–water partition coefficient (Wildman–Crippen LogP) is 1.15. The molecule has 0 unspecified atom stereocenters. The van der Waals surface area contributed by atoms with Crippen molar-refractivity contribution >= 4 is 17.8 Å². The van der Waals surface area contributed by atoms with Gasteiger partial charge in [0, 0.05) is 19.5 Å². The Morgan fingerprint density at radius 3 is 2.41 bits per heavy atom. The van der Waals surface area contributed by atoms with E-state index in [1.165, 1.54) is 0 Å². The van der Waals surface area contributed by atoms with Gasteiger partial charge in [0.05, 0.1) is 6.42 Å². The van der Waals surface area contributed by atoms with Crippen LogP contribution in [0.5, 0.6) is 0 Å². The van der Waals surface area contributed by atoms with Gasteiger partial charge in [0.1, 0.15) is 0 Å². The summed E-state index contributed by atoms with van der Waals surface area (Å²) in [6.45, 7) is 2.59. The maximum absolute atomic E-state index is 11.5. The normalized spacial score (nSPS) is 9.86. The second-order valence-electron chi connectivity index (χ2n) is 4.77. The highest BCUT2D eigenvalue weighted by molar-refractivity contribution is 5.83. The SMILES string of the molecule is CCCNC(=O)CCC(=O)OCC(=O)NCc1ccccc1. The van der Waals surface area contributed by atoms with Crippen molar-refractivity contribution in [3.05, 3.63) is 35.9 Å². The quantitative estimate of drug-likeness (QED) is 0.670. The first-order valence-electron chi connectivity index (χ1n) is 7.34. The van der Waals surface area contributed by atoms with E-state index in [1.54, 1.807) is 0 Å². The van der Waals surface area contributed by atoms with E-state index in [2.05, 4.69) is 10.6 Å². The molecule has 6 nitrogen and oxygen atoms in total. The van der Waals surface area contributed by atoms with E-state index >= 15 is 0 Å². The average Bonchev–Trinajstić information content (AvgIpc) is 2.55. The van der Waals surface area contributed by atoms with Crippen molar-refractivity contribution in [2.45, 2.75) is 32.7 Å². The number of esters is 1. The van der Waals surface area contributed by atoms with Crippen molar-refractivity contribution in [2.75, 3.05) is 13.2 Å². The molecule has 2 N–H and O–H groups in total. The molecule has 0 heterocycles. The number of benzene rings is 1. The van der Waals surface area contributed by atoms with E-state index in [4.69, 9.17) is 4.74 Å². The van der Waals surface area contributed by atoms with Gasteiger partial charge in [-0.2, -0.15) is 0 Å². The Hall–Kier alpha value is -2.37. The van der Waals surface area contributed by atoms with E-state index in [0.717, 1.165) is 12.0 Å². The first-order chi connectivity index (χ1) is 10.6. The molecule has 0 aliphatic carbocycles. The van der Waals surface area contributed by atoms with Crippen LogP contribution in [-0.4, -0.2) is 30.9 Å². The summed E-state index contributed by atoms with van der Waals surface area (Å²) in [5.41, 5.74) is 0.967. The minimum absolute atomic E-state index is 0.0263. The van der Waals surface area contributed by atoms with E-state index in [-0.39, 0.29) is 31.3 Å². The molecule has 0 fully saturated rings. The van der Waals surface area contributed by atoms with Crippen LogP contribution in [0.2, 0.25) is 0 Å². The molecule has 22 heavy (non-hydrogen) atoms. The third kappa shape index (κ3) is 8.04. The van der Waals surface area contributed by atoms with Crippen molar-refractivity contribution in [3.63, 3.8) is 0 Å². The highest BCUT2D eigenvalue weighted by atomic mass is 16.5. The van der Waals surface area contributed by atoms with Gasteiger partial charge in [-0.25, -0.2) is 0 Å². The van der Waals surface area contributed by atoms with Crippen molar-refractivity contribution in [3.8, 4) is 0 Å². The van der Waals surface area contributed by atoms with Gasteiger partial charge in [0.25, 0.3) is 5.91 Å². The summed E-state index contributed by atoms with van der Waals surface area (Å²) in [4.78, 5) is 34.3.